The third-order valence-corrected chi connectivity index (χ3v) is 3.30. The molecule has 5 heteroatoms. The van der Waals surface area contributed by atoms with Crippen LogP contribution in [0.1, 0.15) is 17.0 Å². The smallest absolute Gasteiger partial charge is 0.292 e. The van der Waals surface area contributed by atoms with E-state index in [4.69, 9.17) is 10.3 Å². The highest BCUT2D eigenvalue weighted by atomic mass is 16.5. The quantitative estimate of drug-likeness (QED) is 0.885. The number of carbonyl (C=O) groups excluding carboxylic acids is 1. The van der Waals surface area contributed by atoms with Gasteiger partial charge < -0.3 is 15.2 Å². The number of aromatic nitrogens is 1. The molecule has 1 aromatic heterocycles. The Labute approximate surface area is 111 Å². The molecule has 2 aromatic rings. The first-order valence-electron chi connectivity index (χ1n) is 6.31. The Bertz CT molecular complexity index is 579. The van der Waals surface area contributed by atoms with E-state index < -0.39 is 0 Å². The molecule has 1 atom stereocenters. The zero-order valence-electron chi connectivity index (χ0n) is 10.5. The molecule has 2 heterocycles. The number of nitrogens with two attached hydrogens (primary N) is 1. The van der Waals surface area contributed by atoms with Gasteiger partial charge in [0.05, 0.1) is 0 Å². The Kier molecular flexibility index (Phi) is 3.05. The van der Waals surface area contributed by atoms with E-state index in [0.29, 0.717) is 18.8 Å². The summed E-state index contributed by atoms with van der Waals surface area (Å²) in [6, 6.07) is 11.4. The summed E-state index contributed by atoms with van der Waals surface area (Å²) in [5.41, 5.74) is 7.40. The first-order valence-corrected chi connectivity index (χ1v) is 6.31. The fourth-order valence-corrected chi connectivity index (χ4v) is 2.25. The zero-order valence-corrected chi connectivity index (χ0v) is 10.5. The van der Waals surface area contributed by atoms with Gasteiger partial charge in [0.1, 0.15) is 5.69 Å². The topological polar surface area (TPSA) is 72.4 Å². The molecule has 19 heavy (non-hydrogen) atoms. The van der Waals surface area contributed by atoms with E-state index >= 15 is 0 Å². The van der Waals surface area contributed by atoms with Crippen LogP contribution < -0.4 is 5.73 Å². The number of amides is 1. The lowest BCUT2D eigenvalue weighted by Gasteiger charge is -2.12. The van der Waals surface area contributed by atoms with Crippen molar-refractivity contribution in [3.05, 3.63) is 42.2 Å². The molecule has 0 radical (unpaired) electrons. The Morgan fingerprint density at radius 1 is 1.37 bits per heavy atom. The number of likely N-dealkylation sites (tertiary alicyclic amines) is 1. The Morgan fingerprint density at radius 2 is 2.16 bits per heavy atom. The van der Waals surface area contributed by atoms with Crippen LogP contribution in [-0.2, 0) is 0 Å². The van der Waals surface area contributed by atoms with E-state index in [-0.39, 0.29) is 17.7 Å². The van der Waals surface area contributed by atoms with Crippen LogP contribution in [-0.4, -0.2) is 35.1 Å². The van der Waals surface area contributed by atoms with Gasteiger partial charge in [0, 0.05) is 30.8 Å². The average Bonchev–Trinajstić information content (AvgIpc) is 3.08. The summed E-state index contributed by atoms with van der Waals surface area (Å²) >= 11 is 0. The number of hydrogen-bond acceptors (Lipinski definition) is 4. The van der Waals surface area contributed by atoms with E-state index in [1.807, 2.05) is 30.3 Å². The normalized spacial score (nSPS) is 18.8. The van der Waals surface area contributed by atoms with Crippen LogP contribution in [0.3, 0.4) is 0 Å². The van der Waals surface area contributed by atoms with Crippen molar-refractivity contribution in [1.29, 1.82) is 0 Å². The molecule has 0 saturated carbocycles. The van der Waals surface area contributed by atoms with Gasteiger partial charge in [-0.05, 0) is 6.42 Å². The molecular formula is C14H15N3O2. The third kappa shape index (κ3) is 2.37. The van der Waals surface area contributed by atoms with Crippen LogP contribution >= 0.6 is 0 Å². The molecule has 0 spiro atoms. The molecule has 0 unspecified atom stereocenters. The summed E-state index contributed by atoms with van der Waals surface area (Å²) in [6.07, 6.45) is 0.839. The minimum Gasteiger partial charge on any atom is -0.350 e. The monoisotopic (exact) mass is 257 g/mol. The summed E-state index contributed by atoms with van der Waals surface area (Å²) in [7, 11) is 0. The predicted molar refractivity (Wildman–Crippen MR) is 70.4 cm³/mol. The molecule has 1 aromatic carbocycles. The summed E-state index contributed by atoms with van der Waals surface area (Å²) in [6.45, 7) is 1.27. The maximum atomic E-state index is 12.2. The van der Waals surface area contributed by atoms with Crippen molar-refractivity contribution in [2.45, 2.75) is 12.5 Å². The second-order valence-electron chi connectivity index (χ2n) is 4.74. The Balaban J connectivity index is 1.80. The van der Waals surface area contributed by atoms with Crippen molar-refractivity contribution < 1.29 is 9.32 Å². The summed E-state index contributed by atoms with van der Waals surface area (Å²) < 4.78 is 5.15. The largest absolute Gasteiger partial charge is 0.350 e. The second-order valence-corrected chi connectivity index (χ2v) is 4.74. The third-order valence-electron chi connectivity index (χ3n) is 3.30. The minimum atomic E-state index is -0.136. The molecule has 98 valence electrons. The van der Waals surface area contributed by atoms with Gasteiger partial charge in [0.2, 0.25) is 5.76 Å². The molecule has 1 aliphatic rings. The van der Waals surface area contributed by atoms with E-state index in [0.717, 1.165) is 12.0 Å². The minimum absolute atomic E-state index is 0.0699. The summed E-state index contributed by atoms with van der Waals surface area (Å²) in [4.78, 5) is 13.9. The fraction of sp³-hybridized carbons (Fsp3) is 0.286. The van der Waals surface area contributed by atoms with Crippen molar-refractivity contribution in [3.63, 3.8) is 0 Å². The van der Waals surface area contributed by atoms with Crippen LogP contribution in [0.25, 0.3) is 11.3 Å². The number of benzene rings is 1. The van der Waals surface area contributed by atoms with Gasteiger partial charge in [0.15, 0.2) is 0 Å². The van der Waals surface area contributed by atoms with Gasteiger partial charge in [-0.2, -0.15) is 0 Å². The van der Waals surface area contributed by atoms with Gasteiger partial charge in [-0.25, -0.2) is 0 Å². The number of carbonyl (C=O) groups is 1. The van der Waals surface area contributed by atoms with Crippen LogP contribution in [0, 0.1) is 0 Å². The zero-order chi connectivity index (χ0) is 13.2. The van der Waals surface area contributed by atoms with E-state index in [1.165, 1.54) is 0 Å². The molecule has 1 aliphatic heterocycles. The Morgan fingerprint density at radius 3 is 2.84 bits per heavy atom. The molecule has 1 amide bonds. The first kappa shape index (κ1) is 11.9. The fourth-order valence-electron chi connectivity index (χ4n) is 2.25. The molecular weight excluding hydrogens is 242 g/mol. The van der Waals surface area contributed by atoms with Gasteiger partial charge >= 0.3 is 0 Å². The molecule has 1 saturated heterocycles. The van der Waals surface area contributed by atoms with Crippen LogP contribution in [0.4, 0.5) is 0 Å². The maximum Gasteiger partial charge on any atom is 0.292 e. The van der Waals surface area contributed by atoms with Crippen LogP contribution in [0.2, 0.25) is 0 Å². The van der Waals surface area contributed by atoms with Crippen molar-refractivity contribution in [2.24, 2.45) is 5.73 Å². The van der Waals surface area contributed by atoms with Gasteiger partial charge in [-0.3, -0.25) is 4.79 Å². The molecule has 0 aliphatic carbocycles. The van der Waals surface area contributed by atoms with Gasteiger partial charge in [-0.15, -0.1) is 0 Å². The number of rotatable bonds is 2. The molecule has 5 nitrogen and oxygen atoms in total. The van der Waals surface area contributed by atoms with Crippen molar-refractivity contribution in [2.75, 3.05) is 13.1 Å². The van der Waals surface area contributed by atoms with Gasteiger partial charge in [-0.1, -0.05) is 35.5 Å². The van der Waals surface area contributed by atoms with Crippen LogP contribution in [0.5, 0.6) is 0 Å². The van der Waals surface area contributed by atoms with E-state index in [1.54, 1.807) is 11.0 Å². The number of hydrogen-bond donors (Lipinski definition) is 1. The Hall–Kier alpha value is -2.14. The SMILES string of the molecule is N[C@@H]1CCN(C(=O)c2cc(-c3ccccc3)no2)C1. The van der Waals surface area contributed by atoms with E-state index in [2.05, 4.69) is 5.16 Å². The summed E-state index contributed by atoms with van der Waals surface area (Å²) in [5, 5.41) is 3.94. The molecule has 0 bridgehead atoms. The maximum absolute atomic E-state index is 12.2. The highest BCUT2D eigenvalue weighted by molar-refractivity contribution is 5.92. The standard InChI is InChI=1S/C14H15N3O2/c15-11-6-7-17(9-11)14(18)13-8-12(16-19-13)10-4-2-1-3-5-10/h1-5,8,11H,6-7,9,15H2/t11-/m1/s1. The summed E-state index contributed by atoms with van der Waals surface area (Å²) in [5.74, 6) is 0.135. The predicted octanol–water partition coefficient (Wildman–Crippen LogP) is 1.51. The van der Waals surface area contributed by atoms with Gasteiger partial charge in [0.25, 0.3) is 5.91 Å². The lowest BCUT2D eigenvalue weighted by atomic mass is 10.1. The van der Waals surface area contributed by atoms with E-state index in [9.17, 15) is 4.79 Å². The van der Waals surface area contributed by atoms with Crippen molar-refractivity contribution >= 4 is 5.91 Å². The number of nitrogens with zero attached hydrogens (tertiary/aromatic N) is 2. The average molecular weight is 257 g/mol. The van der Waals surface area contributed by atoms with Crippen molar-refractivity contribution in [1.82, 2.24) is 10.1 Å². The first-order chi connectivity index (χ1) is 9.24. The molecule has 1 fully saturated rings. The highest BCUT2D eigenvalue weighted by Crippen LogP contribution is 2.20. The second kappa shape index (κ2) is 4.85. The van der Waals surface area contributed by atoms with Crippen molar-refractivity contribution in [3.8, 4) is 11.3 Å². The lowest BCUT2D eigenvalue weighted by molar-refractivity contribution is 0.0749. The molecule has 3 rings (SSSR count). The van der Waals surface area contributed by atoms with Crippen LogP contribution in [0.15, 0.2) is 40.9 Å². The highest BCUT2D eigenvalue weighted by Gasteiger charge is 2.27. The lowest BCUT2D eigenvalue weighted by Crippen LogP contribution is -2.31. The molecule has 2 N–H and O–H groups in total.